The number of likely N-dealkylation sites (tertiary alicyclic amines) is 1. The van der Waals surface area contributed by atoms with Crippen LogP contribution in [0.25, 0.3) is 33.4 Å². The van der Waals surface area contributed by atoms with Crippen molar-refractivity contribution in [3.8, 4) is 22.5 Å². The van der Waals surface area contributed by atoms with Crippen LogP contribution in [0.3, 0.4) is 0 Å². The van der Waals surface area contributed by atoms with E-state index in [-0.39, 0.29) is 5.91 Å². The minimum Gasteiger partial charge on any atom is -0.350 e. The van der Waals surface area contributed by atoms with Crippen molar-refractivity contribution in [2.75, 3.05) is 47.3 Å². The van der Waals surface area contributed by atoms with E-state index < -0.39 is 0 Å². The normalized spacial score (nSPS) is 15.9. The van der Waals surface area contributed by atoms with Gasteiger partial charge in [-0.05, 0) is 29.8 Å². The number of hydrogen-bond donors (Lipinski definition) is 3. The summed E-state index contributed by atoms with van der Waals surface area (Å²) in [5.41, 5.74) is 6.07. The number of imidazole rings is 1. The summed E-state index contributed by atoms with van der Waals surface area (Å²) in [6.45, 7) is 4.32. The quantitative estimate of drug-likeness (QED) is 0.215. The molecule has 44 heavy (non-hydrogen) atoms. The van der Waals surface area contributed by atoms with Gasteiger partial charge < -0.3 is 24.3 Å². The van der Waals surface area contributed by atoms with Gasteiger partial charge in [-0.3, -0.25) is 4.79 Å². The molecule has 7 nitrogen and oxygen atoms in total. The fraction of sp³-hybridized carbons (Fsp3) is 0.314. The van der Waals surface area contributed by atoms with Crippen LogP contribution < -0.4 is 9.80 Å². The van der Waals surface area contributed by atoms with Gasteiger partial charge in [-0.1, -0.05) is 71.7 Å². The Morgan fingerprint density at radius 1 is 0.977 bits per heavy atom. The van der Waals surface area contributed by atoms with E-state index in [1.807, 2.05) is 71.9 Å². The Bertz CT molecular complexity index is 1740. The number of nitrogens with zero attached hydrogens (tertiary/aromatic N) is 3. The molecule has 228 valence electrons. The van der Waals surface area contributed by atoms with Crippen molar-refractivity contribution in [3.63, 3.8) is 0 Å². The second kappa shape index (κ2) is 13.2. The molecule has 3 N–H and O–H groups in total. The highest BCUT2D eigenvalue weighted by atomic mass is 35.5. The van der Waals surface area contributed by atoms with Gasteiger partial charge in [0.25, 0.3) is 5.91 Å². The van der Waals surface area contributed by atoms with Gasteiger partial charge in [-0.25, -0.2) is 4.98 Å². The van der Waals surface area contributed by atoms with Crippen molar-refractivity contribution in [3.05, 3.63) is 100 Å². The summed E-state index contributed by atoms with van der Waals surface area (Å²) in [5, 5.41) is 2.26. The average Bonchev–Trinajstić information content (AvgIpc) is 3.75. The molecule has 3 aromatic carbocycles. The minimum absolute atomic E-state index is 0.0126. The third-order valence-corrected chi connectivity index (χ3v) is 9.27. The number of amides is 1. The van der Waals surface area contributed by atoms with E-state index in [0.29, 0.717) is 28.3 Å². The number of H-pyrrole nitrogens is 1. The molecule has 0 aliphatic carbocycles. The summed E-state index contributed by atoms with van der Waals surface area (Å²) in [4.78, 5) is 27.8. The van der Waals surface area contributed by atoms with Gasteiger partial charge in [0, 0.05) is 58.0 Å². The van der Waals surface area contributed by atoms with Gasteiger partial charge in [-0.15, -0.1) is 0 Å². The molecular formula is C35H40Cl2N6O+2. The smallest absolute Gasteiger partial charge is 0.271 e. The van der Waals surface area contributed by atoms with Gasteiger partial charge in [0.05, 0.1) is 58.5 Å². The highest BCUT2D eigenvalue weighted by molar-refractivity contribution is 6.31. The van der Waals surface area contributed by atoms with Crippen LogP contribution in [0.5, 0.6) is 0 Å². The lowest BCUT2D eigenvalue weighted by atomic mass is 10.0. The number of carbonyl (C=O) groups is 1. The van der Waals surface area contributed by atoms with Gasteiger partial charge in [0.1, 0.15) is 11.7 Å². The molecule has 5 aromatic rings. The Labute approximate surface area is 269 Å². The SMILES string of the molecule is C[NH+](C)CCC[NH+](C)[C@H]1CCN(C(=O)c2[nH]c3cc(Cl)ccc3c2-c2c(-c3ccccc3)ncn2Cc2ccc(Cl)cc2)C1. The zero-order chi connectivity index (χ0) is 30.8. The van der Waals surface area contributed by atoms with E-state index in [2.05, 4.69) is 42.8 Å². The maximum atomic E-state index is 14.4. The van der Waals surface area contributed by atoms with Crippen LogP contribution in [0.15, 0.2) is 79.1 Å². The minimum atomic E-state index is 0.0126. The van der Waals surface area contributed by atoms with Crippen molar-refractivity contribution >= 4 is 40.0 Å². The fourth-order valence-electron chi connectivity index (χ4n) is 6.36. The topological polar surface area (TPSA) is 62.8 Å². The Hall–Kier alpha value is -3.62. The zero-order valence-corrected chi connectivity index (χ0v) is 27.1. The molecule has 1 amide bonds. The Morgan fingerprint density at radius 3 is 2.48 bits per heavy atom. The summed E-state index contributed by atoms with van der Waals surface area (Å²) in [6.07, 6.45) is 4.04. The molecule has 0 spiro atoms. The lowest BCUT2D eigenvalue weighted by Crippen LogP contribution is -3.14. The molecule has 2 aromatic heterocycles. The Kier molecular flexibility index (Phi) is 9.10. The second-order valence-electron chi connectivity index (χ2n) is 12.3. The van der Waals surface area contributed by atoms with Crippen molar-refractivity contribution in [2.24, 2.45) is 0 Å². The number of benzene rings is 3. The summed E-state index contributed by atoms with van der Waals surface area (Å²) in [5.74, 6) is 0.0126. The number of hydrogen-bond acceptors (Lipinski definition) is 2. The number of quaternary nitrogens is 2. The van der Waals surface area contributed by atoms with E-state index in [0.717, 1.165) is 71.6 Å². The standard InChI is InChI=1S/C35H38Cl2N6O/c1-40(2)17-7-18-41(3)28-16-19-42(22-28)35(44)33-31(29-15-14-27(37)20-30(29)39-33)34-32(25-8-5-4-6-9-25)38-23-43(34)21-24-10-12-26(36)13-11-24/h4-6,8-15,20,23,28,39H,7,16-19,21-22H2,1-3H3/p+2/t28-/m0/s1. The summed E-state index contributed by atoms with van der Waals surface area (Å²) >= 11 is 12.7. The Balaban J connectivity index is 1.42. The predicted octanol–water partition coefficient (Wildman–Crippen LogP) is 4.32. The van der Waals surface area contributed by atoms with Crippen LogP contribution in [0.1, 0.15) is 28.9 Å². The van der Waals surface area contributed by atoms with Crippen LogP contribution in [0, 0.1) is 0 Å². The van der Waals surface area contributed by atoms with Crippen LogP contribution in [0.2, 0.25) is 10.0 Å². The van der Waals surface area contributed by atoms with Gasteiger partial charge >= 0.3 is 0 Å². The number of halogens is 2. The number of aromatic amines is 1. The molecule has 6 rings (SSSR count). The predicted molar refractivity (Wildman–Crippen MR) is 179 cm³/mol. The number of aromatic nitrogens is 3. The van der Waals surface area contributed by atoms with Crippen molar-refractivity contribution in [2.45, 2.75) is 25.4 Å². The van der Waals surface area contributed by atoms with E-state index in [1.54, 1.807) is 0 Å². The lowest BCUT2D eigenvalue weighted by molar-refractivity contribution is -0.911. The molecule has 3 heterocycles. The van der Waals surface area contributed by atoms with Crippen molar-refractivity contribution in [1.29, 1.82) is 0 Å². The van der Waals surface area contributed by atoms with E-state index in [1.165, 1.54) is 16.2 Å². The molecule has 1 aliphatic heterocycles. The average molecular weight is 632 g/mol. The number of fused-ring (bicyclic) bond motifs is 1. The molecule has 1 aliphatic rings. The first kappa shape index (κ1) is 30.4. The number of rotatable bonds is 10. The highest BCUT2D eigenvalue weighted by Crippen LogP contribution is 2.40. The monoisotopic (exact) mass is 630 g/mol. The molecule has 1 saturated heterocycles. The molecule has 9 heteroatoms. The van der Waals surface area contributed by atoms with Crippen LogP contribution in [-0.4, -0.2) is 78.7 Å². The third kappa shape index (κ3) is 6.42. The summed E-state index contributed by atoms with van der Waals surface area (Å²) < 4.78 is 2.14. The van der Waals surface area contributed by atoms with Gasteiger partial charge in [0.15, 0.2) is 0 Å². The van der Waals surface area contributed by atoms with Gasteiger partial charge in [0.2, 0.25) is 0 Å². The van der Waals surface area contributed by atoms with E-state index in [9.17, 15) is 4.79 Å². The summed E-state index contributed by atoms with van der Waals surface area (Å²) in [7, 11) is 6.66. The van der Waals surface area contributed by atoms with Gasteiger partial charge in [-0.2, -0.15) is 0 Å². The molecule has 1 unspecified atom stereocenters. The number of likely N-dealkylation sites (N-methyl/N-ethyl adjacent to an activating group) is 1. The highest BCUT2D eigenvalue weighted by Gasteiger charge is 2.35. The van der Waals surface area contributed by atoms with Crippen LogP contribution >= 0.6 is 23.2 Å². The summed E-state index contributed by atoms with van der Waals surface area (Å²) in [6, 6.07) is 24.2. The molecule has 0 bridgehead atoms. The molecule has 0 saturated carbocycles. The van der Waals surface area contributed by atoms with Crippen molar-refractivity contribution < 1.29 is 14.6 Å². The van der Waals surface area contributed by atoms with E-state index in [4.69, 9.17) is 28.2 Å². The third-order valence-electron chi connectivity index (χ3n) is 8.78. The number of carbonyl (C=O) groups excluding carboxylic acids is 1. The first-order valence-corrected chi connectivity index (χ1v) is 16.1. The largest absolute Gasteiger partial charge is 0.350 e. The maximum Gasteiger partial charge on any atom is 0.271 e. The van der Waals surface area contributed by atoms with Crippen molar-refractivity contribution in [1.82, 2.24) is 19.4 Å². The first-order valence-electron chi connectivity index (χ1n) is 15.4. The molecule has 1 fully saturated rings. The fourth-order valence-corrected chi connectivity index (χ4v) is 6.66. The first-order chi connectivity index (χ1) is 21.3. The van der Waals surface area contributed by atoms with Crippen LogP contribution in [-0.2, 0) is 6.54 Å². The lowest BCUT2D eigenvalue weighted by Gasteiger charge is -2.22. The van der Waals surface area contributed by atoms with E-state index >= 15 is 0 Å². The molecule has 2 atom stereocenters. The number of nitrogens with one attached hydrogen (secondary N) is 3. The van der Waals surface area contributed by atoms with Crippen LogP contribution in [0.4, 0.5) is 0 Å². The maximum absolute atomic E-state index is 14.4. The zero-order valence-electron chi connectivity index (χ0n) is 25.5. The second-order valence-corrected chi connectivity index (χ2v) is 13.1. The molecule has 0 radical (unpaired) electrons. The molecular weight excluding hydrogens is 591 g/mol. The Morgan fingerprint density at radius 2 is 1.73 bits per heavy atom.